The molecule has 0 fully saturated rings. The van der Waals surface area contributed by atoms with Crippen LogP contribution in [0.25, 0.3) is 0 Å². The predicted molar refractivity (Wildman–Crippen MR) is 83.4 cm³/mol. The van der Waals surface area contributed by atoms with Crippen molar-refractivity contribution in [3.05, 3.63) is 35.9 Å². The van der Waals surface area contributed by atoms with Crippen LogP contribution in [0.4, 0.5) is 0 Å². The van der Waals surface area contributed by atoms with Crippen LogP contribution in [0.2, 0.25) is 0 Å². The van der Waals surface area contributed by atoms with Gasteiger partial charge in [-0.05, 0) is 25.1 Å². The Bertz CT molecular complexity index is 357. The Morgan fingerprint density at radius 2 is 1.72 bits per heavy atom. The Balaban J connectivity index is 2.88. The molecule has 1 N–H and O–H groups in total. The fourth-order valence-corrected chi connectivity index (χ4v) is 2.54. The molecule has 0 radical (unpaired) electrons. The zero-order chi connectivity index (χ0) is 13.8. The molecule has 0 saturated carbocycles. The van der Waals surface area contributed by atoms with Crippen LogP contribution in [0.5, 0.6) is 0 Å². The normalized spacial score (nSPS) is 15.4. The summed E-state index contributed by atoms with van der Waals surface area (Å²) in [7, 11) is 0.864. The van der Waals surface area contributed by atoms with E-state index in [1.54, 1.807) is 0 Å². The molecule has 1 aromatic rings. The number of likely N-dealkylation sites (N-methyl/N-ethyl adjacent to an activating group) is 1. The number of hydrogen-bond donors (Lipinski definition) is 1. The van der Waals surface area contributed by atoms with Gasteiger partial charge in [-0.3, -0.25) is 0 Å². The summed E-state index contributed by atoms with van der Waals surface area (Å²) in [5.41, 5.74) is 1.25. The van der Waals surface area contributed by atoms with Crippen LogP contribution in [0, 0.1) is 0 Å². The monoisotopic (exact) mass is 269 g/mol. The molecule has 1 atom stereocenters. The molecule has 1 unspecified atom stereocenters. The lowest BCUT2D eigenvalue weighted by atomic mass is 10.1. The molecule has 0 amide bonds. The lowest BCUT2D eigenvalue weighted by molar-refractivity contribution is 0.229. The average molecular weight is 269 g/mol. The maximum Gasteiger partial charge on any atom is 0.107 e. The van der Waals surface area contributed by atoms with Gasteiger partial charge in [-0.15, -0.1) is 10.3 Å². The Morgan fingerprint density at radius 3 is 2.17 bits per heavy atom. The molecule has 0 spiro atoms. The van der Waals surface area contributed by atoms with Crippen molar-refractivity contribution in [3.63, 3.8) is 0 Å². The molecule has 0 aromatic heterocycles. The summed E-state index contributed by atoms with van der Waals surface area (Å²) in [6, 6.07) is 10.5. The Kier molecular flexibility index (Phi) is 5.26. The third-order valence-electron chi connectivity index (χ3n) is 3.39. The van der Waals surface area contributed by atoms with Crippen molar-refractivity contribution in [3.8, 4) is 0 Å². The lowest BCUT2D eigenvalue weighted by Gasteiger charge is -2.46. The van der Waals surface area contributed by atoms with Gasteiger partial charge in [0.15, 0.2) is 0 Å². The van der Waals surface area contributed by atoms with E-state index in [2.05, 4.69) is 62.9 Å². The number of benzene rings is 1. The number of rotatable bonds is 5. The molecule has 0 saturated heterocycles. The molecular formula is C15H27NOS. The fourth-order valence-electron chi connectivity index (χ4n) is 1.50. The fraction of sp³-hybridized carbons (Fsp3) is 0.600. The highest BCUT2D eigenvalue weighted by Crippen LogP contribution is 2.56. The molecule has 0 bridgehead atoms. The van der Waals surface area contributed by atoms with Crippen molar-refractivity contribution < 1.29 is 4.18 Å². The first kappa shape index (κ1) is 15.5. The highest BCUT2D eigenvalue weighted by Gasteiger charge is 2.31. The molecule has 0 aliphatic rings. The van der Waals surface area contributed by atoms with E-state index >= 15 is 0 Å². The SMILES string of the molecule is CNCC(OS(C)(C)C(C)(C)C)c1ccccc1. The predicted octanol–water partition coefficient (Wildman–Crippen LogP) is 3.74. The van der Waals surface area contributed by atoms with Crippen molar-refractivity contribution in [1.82, 2.24) is 5.32 Å². The van der Waals surface area contributed by atoms with E-state index in [0.29, 0.717) is 0 Å². The molecule has 0 heterocycles. The maximum atomic E-state index is 6.45. The minimum atomic E-state index is -1.11. The Morgan fingerprint density at radius 1 is 1.17 bits per heavy atom. The summed E-state index contributed by atoms with van der Waals surface area (Å²) in [5.74, 6) is 0. The standard InChI is InChI=1S/C15H27NOS/c1-15(2,3)18(5,6)17-14(12-16-4)13-10-8-7-9-11-13/h7-11,14,16H,12H2,1-6H3. The van der Waals surface area contributed by atoms with Gasteiger partial charge in [-0.1, -0.05) is 51.1 Å². The highest BCUT2D eigenvalue weighted by molar-refractivity contribution is 8.29. The first-order valence-electron chi connectivity index (χ1n) is 6.38. The summed E-state index contributed by atoms with van der Waals surface area (Å²) in [6.07, 6.45) is 4.62. The average Bonchev–Trinajstić information content (AvgIpc) is 2.28. The van der Waals surface area contributed by atoms with Gasteiger partial charge < -0.3 is 9.50 Å². The van der Waals surface area contributed by atoms with Crippen LogP contribution in [-0.4, -0.2) is 30.9 Å². The van der Waals surface area contributed by atoms with Crippen molar-refractivity contribution >= 4 is 10.3 Å². The quantitative estimate of drug-likeness (QED) is 0.879. The van der Waals surface area contributed by atoms with Gasteiger partial charge in [0.05, 0.1) is 0 Å². The molecule has 0 aliphatic carbocycles. The third-order valence-corrected chi connectivity index (χ3v) is 7.06. The van der Waals surface area contributed by atoms with E-state index in [9.17, 15) is 0 Å². The van der Waals surface area contributed by atoms with Crippen molar-refractivity contribution in [2.45, 2.75) is 31.6 Å². The third kappa shape index (κ3) is 4.01. The summed E-state index contributed by atoms with van der Waals surface area (Å²) >= 11 is 0. The Hall–Kier alpha value is -0.510. The van der Waals surface area contributed by atoms with Crippen LogP contribution >= 0.6 is 10.3 Å². The van der Waals surface area contributed by atoms with Crippen molar-refractivity contribution in [1.29, 1.82) is 0 Å². The van der Waals surface area contributed by atoms with Gasteiger partial charge in [0.2, 0.25) is 0 Å². The number of hydrogen-bond acceptors (Lipinski definition) is 2. The van der Waals surface area contributed by atoms with E-state index in [1.807, 2.05) is 13.1 Å². The van der Waals surface area contributed by atoms with Gasteiger partial charge in [0, 0.05) is 11.3 Å². The summed E-state index contributed by atoms with van der Waals surface area (Å²) in [5, 5.41) is 3.23. The highest BCUT2D eigenvalue weighted by atomic mass is 32.3. The first-order chi connectivity index (χ1) is 8.28. The van der Waals surface area contributed by atoms with E-state index in [1.165, 1.54) is 5.56 Å². The van der Waals surface area contributed by atoms with Crippen LogP contribution in [0.1, 0.15) is 32.4 Å². The Labute approximate surface area is 114 Å². The smallest absolute Gasteiger partial charge is 0.107 e. The molecule has 1 rings (SSSR count). The summed E-state index contributed by atoms with van der Waals surface area (Å²) in [4.78, 5) is 0. The second-order valence-corrected chi connectivity index (χ2v) is 9.78. The van der Waals surface area contributed by atoms with E-state index in [0.717, 1.165) is 6.54 Å². The molecule has 0 aliphatic heterocycles. The van der Waals surface area contributed by atoms with Gasteiger partial charge in [0.25, 0.3) is 0 Å². The molecule has 3 heteroatoms. The zero-order valence-corrected chi connectivity index (χ0v) is 13.3. The maximum absolute atomic E-state index is 6.45. The lowest BCUT2D eigenvalue weighted by Crippen LogP contribution is -2.29. The van der Waals surface area contributed by atoms with Gasteiger partial charge >= 0.3 is 0 Å². The first-order valence-corrected chi connectivity index (χ1v) is 8.76. The van der Waals surface area contributed by atoms with Crippen LogP contribution in [0.3, 0.4) is 0 Å². The van der Waals surface area contributed by atoms with Gasteiger partial charge in [-0.2, -0.15) is 0 Å². The minimum Gasteiger partial charge on any atom is -0.327 e. The molecular weight excluding hydrogens is 242 g/mol. The second-order valence-electron chi connectivity index (χ2n) is 5.90. The topological polar surface area (TPSA) is 21.3 Å². The van der Waals surface area contributed by atoms with Gasteiger partial charge in [0.1, 0.15) is 6.10 Å². The van der Waals surface area contributed by atoms with Gasteiger partial charge in [-0.25, -0.2) is 0 Å². The zero-order valence-electron chi connectivity index (χ0n) is 12.5. The largest absolute Gasteiger partial charge is 0.327 e. The van der Waals surface area contributed by atoms with Crippen molar-refractivity contribution in [2.75, 3.05) is 26.1 Å². The minimum absolute atomic E-state index is 0.125. The number of nitrogens with one attached hydrogen (secondary N) is 1. The molecule has 2 nitrogen and oxygen atoms in total. The van der Waals surface area contributed by atoms with Crippen LogP contribution in [0.15, 0.2) is 30.3 Å². The van der Waals surface area contributed by atoms with Crippen LogP contribution < -0.4 is 5.32 Å². The van der Waals surface area contributed by atoms with E-state index in [4.69, 9.17) is 4.18 Å². The summed E-state index contributed by atoms with van der Waals surface area (Å²) in [6.45, 7) is 7.60. The van der Waals surface area contributed by atoms with Crippen molar-refractivity contribution in [2.24, 2.45) is 0 Å². The molecule has 104 valence electrons. The van der Waals surface area contributed by atoms with E-state index < -0.39 is 10.3 Å². The molecule has 18 heavy (non-hydrogen) atoms. The molecule has 1 aromatic carbocycles. The summed E-state index contributed by atoms with van der Waals surface area (Å²) < 4.78 is 6.64. The second kappa shape index (κ2) is 6.09. The van der Waals surface area contributed by atoms with Crippen LogP contribution in [-0.2, 0) is 4.18 Å². The van der Waals surface area contributed by atoms with E-state index in [-0.39, 0.29) is 10.9 Å².